The van der Waals surface area contributed by atoms with Crippen molar-refractivity contribution in [2.45, 2.75) is 18.6 Å². The molecule has 80 valence electrons. The van der Waals surface area contributed by atoms with Crippen LogP contribution in [0, 0.1) is 0 Å². The molecule has 1 atom stereocenters. The third-order valence-corrected chi connectivity index (χ3v) is 2.89. The first kappa shape index (κ1) is 13.0. The SMILES string of the molecule is C=CCSC(CC)C(=NOC)C(=O)O. The largest absolute Gasteiger partial charge is 0.477 e. The minimum Gasteiger partial charge on any atom is -0.477 e. The Hall–Kier alpha value is -0.970. The van der Waals surface area contributed by atoms with Gasteiger partial charge in [-0.15, -0.1) is 18.3 Å². The van der Waals surface area contributed by atoms with Crippen LogP contribution in [-0.2, 0) is 9.63 Å². The Morgan fingerprint density at radius 1 is 1.79 bits per heavy atom. The molecule has 0 aliphatic heterocycles. The Morgan fingerprint density at radius 3 is 2.79 bits per heavy atom. The smallest absolute Gasteiger partial charge is 0.354 e. The third-order valence-electron chi connectivity index (χ3n) is 1.50. The number of carbonyl (C=O) groups is 1. The standard InChI is InChI=1S/C9H15NO3S/c1-4-6-14-7(5-2)8(9(11)12)10-13-3/h4,7H,1,5-6H2,2-3H3,(H,11,12). The molecule has 0 radical (unpaired) electrons. The molecular formula is C9H15NO3S. The number of rotatable bonds is 7. The van der Waals surface area contributed by atoms with Crippen LogP contribution in [0.2, 0.25) is 0 Å². The zero-order valence-corrected chi connectivity index (χ0v) is 9.21. The zero-order chi connectivity index (χ0) is 11.0. The minimum atomic E-state index is -1.03. The van der Waals surface area contributed by atoms with Gasteiger partial charge in [-0.3, -0.25) is 0 Å². The van der Waals surface area contributed by atoms with Gasteiger partial charge in [0.2, 0.25) is 0 Å². The van der Waals surface area contributed by atoms with Crippen molar-refractivity contribution in [1.82, 2.24) is 0 Å². The fourth-order valence-electron chi connectivity index (χ4n) is 0.908. The molecule has 0 bridgehead atoms. The molecule has 0 saturated heterocycles. The molecule has 1 unspecified atom stereocenters. The lowest BCUT2D eigenvalue weighted by molar-refractivity contribution is -0.129. The second-order valence-corrected chi connectivity index (χ2v) is 3.72. The lowest BCUT2D eigenvalue weighted by atomic mass is 10.2. The quantitative estimate of drug-likeness (QED) is 0.401. The van der Waals surface area contributed by atoms with Crippen molar-refractivity contribution in [2.24, 2.45) is 5.16 Å². The molecule has 5 heteroatoms. The second kappa shape index (κ2) is 7.44. The molecule has 14 heavy (non-hydrogen) atoms. The van der Waals surface area contributed by atoms with Crippen LogP contribution in [0.3, 0.4) is 0 Å². The number of hydrogen-bond acceptors (Lipinski definition) is 4. The van der Waals surface area contributed by atoms with Gasteiger partial charge in [0.1, 0.15) is 7.11 Å². The first-order valence-electron chi connectivity index (χ1n) is 4.24. The number of carboxylic acids is 1. The predicted molar refractivity (Wildman–Crippen MR) is 58.8 cm³/mol. The minimum absolute atomic E-state index is 0.0573. The summed E-state index contributed by atoms with van der Waals surface area (Å²) in [5, 5.41) is 12.2. The number of hydrogen-bond donors (Lipinski definition) is 1. The van der Waals surface area contributed by atoms with Crippen LogP contribution >= 0.6 is 11.8 Å². The van der Waals surface area contributed by atoms with Crippen LogP contribution in [0.1, 0.15) is 13.3 Å². The Kier molecular flexibility index (Phi) is 6.92. The highest BCUT2D eigenvalue weighted by molar-refractivity contribution is 8.00. The fourth-order valence-corrected chi connectivity index (χ4v) is 1.81. The Labute approximate surface area is 88.0 Å². The Bertz CT molecular complexity index is 228. The fraction of sp³-hybridized carbons (Fsp3) is 0.556. The van der Waals surface area contributed by atoms with E-state index in [0.29, 0.717) is 12.2 Å². The lowest BCUT2D eigenvalue weighted by Gasteiger charge is -2.11. The van der Waals surface area contributed by atoms with Crippen molar-refractivity contribution in [2.75, 3.05) is 12.9 Å². The topological polar surface area (TPSA) is 58.9 Å². The second-order valence-electron chi connectivity index (χ2n) is 2.48. The molecule has 0 aromatic heterocycles. The number of nitrogens with zero attached hydrogens (tertiary/aromatic N) is 1. The molecule has 0 aliphatic rings. The van der Waals surface area contributed by atoms with Gasteiger partial charge >= 0.3 is 5.97 Å². The van der Waals surface area contributed by atoms with Crippen LogP contribution in [-0.4, -0.2) is 34.9 Å². The van der Waals surface area contributed by atoms with E-state index >= 15 is 0 Å². The van der Waals surface area contributed by atoms with Crippen molar-refractivity contribution >= 4 is 23.4 Å². The van der Waals surface area contributed by atoms with Gasteiger partial charge in [-0.1, -0.05) is 18.2 Å². The average molecular weight is 217 g/mol. The lowest BCUT2D eigenvalue weighted by Crippen LogP contribution is -2.26. The van der Waals surface area contributed by atoms with Gasteiger partial charge in [0.05, 0.1) is 5.25 Å². The van der Waals surface area contributed by atoms with Crippen molar-refractivity contribution < 1.29 is 14.7 Å². The Balaban J connectivity index is 4.50. The van der Waals surface area contributed by atoms with E-state index in [9.17, 15) is 4.79 Å². The van der Waals surface area contributed by atoms with Crippen molar-refractivity contribution in [3.05, 3.63) is 12.7 Å². The number of oxime groups is 1. The van der Waals surface area contributed by atoms with Crippen LogP contribution in [0.25, 0.3) is 0 Å². The van der Waals surface area contributed by atoms with Gasteiger partial charge in [-0.2, -0.15) is 0 Å². The number of aliphatic carboxylic acids is 1. The van der Waals surface area contributed by atoms with Crippen LogP contribution in [0.15, 0.2) is 17.8 Å². The van der Waals surface area contributed by atoms with E-state index in [0.717, 1.165) is 0 Å². The van der Waals surface area contributed by atoms with E-state index < -0.39 is 5.97 Å². The maximum Gasteiger partial charge on any atom is 0.354 e. The van der Waals surface area contributed by atoms with Crippen molar-refractivity contribution in [1.29, 1.82) is 0 Å². The van der Waals surface area contributed by atoms with Crippen LogP contribution in [0.4, 0.5) is 0 Å². The maximum atomic E-state index is 10.8. The van der Waals surface area contributed by atoms with Crippen molar-refractivity contribution in [3.8, 4) is 0 Å². The Morgan fingerprint density at radius 2 is 2.43 bits per heavy atom. The van der Waals surface area contributed by atoms with Crippen LogP contribution in [0.5, 0.6) is 0 Å². The third kappa shape index (κ3) is 4.32. The normalized spacial score (nSPS) is 13.4. The van der Waals surface area contributed by atoms with E-state index in [1.165, 1.54) is 18.9 Å². The number of carboxylic acid groups (broad SMARTS) is 1. The molecule has 0 aliphatic carbocycles. The molecule has 0 spiro atoms. The molecule has 1 N–H and O–H groups in total. The van der Waals surface area contributed by atoms with Crippen LogP contribution < -0.4 is 0 Å². The first-order chi connectivity index (χ1) is 6.67. The highest BCUT2D eigenvalue weighted by Gasteiger charge is 2.21. The van der Waals surface area contributed by atoms with Gasteiger partial charge < -0.3 is 9.94 Å². The van der Waals surface area contributed by atoms with E-state index in [1.807, 2.05) is 6.92 Å². The molecule has 0 aromatic rings. The van der Waals surface area contributed by atoms with E-state index in [4.69, 9.17) is 5.11 Å². The highest BCUT2D eigenvalue weighted by atomic mass is 32.2. The first-order valence-corrected chi connectivity index (χ1v) is 5.29. The van der Waals surface area contributed by atoms with Gasteiger partial charge in [-0.05, 0) is 6.42 Å². The molecule has 0 saturated carbocycles. The summed E-state index contributed by atoms with van der Waals surface area (Å²) in [5.41, 5.74) is 0.0573. The van der Waals surface area contributed by atoms with Gasteiger partial charge in [0.15, 0.2) is 5.71 Å². The highest BCUT2D eigenvalue weighted by Crippen LogP contribution is 2.16. The molecule has 4 nitrogen and oxygen atoms in total. The summed E-state index contributed by atoms with van der Waals surface area (Å²) >= 11 is 1.49. The zero-order valence-electron chi connectivity index (χ0n) is 8.40. The summed E-state index contributed by atoms with van der Waals surface area (Å²) in [6, 6.07) is 0. The summed E-state index contributed by atoms with van der Waals surface area (Å²) in [4.78, 5) is 15.3. The summed E-state index contributed by atoms with van der Waals surface area (Å²) in [6.07, 6.45) is 2.44. The molecule has 0 fully saturated rings. The molecule has 0 heterocycles. The predicted octanol–water partition coefficient (Wildman–Crippen LogP) is 1.77. The molecule has 0 amide bonds. The summed E-state index contributed by atoms with van der Waals surface area (Å²) in [7, 11) is 1.34. The monoisotopic (exact) mass is 217 g/mol. The summed E-state index contributed by atoms with van der Waals surface area (Å²) in [5.74, 6) is -0.329. The van der Waals surface area contributed by atoms with Gasteiger partial charge in [0.25, 0.3) is 0 Å². The van der Waals surface area contributed by atoms with Gasteiger partial charge in [0, 0.05) is 5.75 Å². The average Bonchev–Trinajstić information content (AvgIpc) is 2.17. The molecular weight excluding hydrogens is 202 g/mol. The number of thioether (sulfide) groups is 1. The summed E-state index contributed by atoms with van der Waals surface area (Å²) < 4.78 is 0. The maximum absolute atomic E-state index is 10.8. The van der Waals surface area contributed by atoms with Gasteiger partial charge in [-0.25, -0.2) is 4.79 Å². The summed E-state index contributed by atoms with van der Waals surface area (Å²) in [6.45, 7) is 5.49. The van der Waals surface area contributed by atoms with Crippen molar-refractivity contribution in [3.63, 3.8) is 0 Å². The van der Waals surface area contributed by atoms with E-state index in [1.54, 1.807) is 6.08 Å². The van der Waals surface area contributed by atoms with E-state index in [2.05, 4.69) is 16.6 Å². The molecule has 0 rings (SSSR count). The van der Waals surface area contributed by atoms with E-state index in [-0.39, 0.29) is 11.0 Å². The molecule has 0 aromatic carbocycles.